The molecule has 0 aromatic heterocycles. The molecule has 3 fully saturated rings. The predicted octanol–water partition coefficient (Wildman–Crippen LogP) is -7.61. The van der Waals surface area contributed by atoms with Crippen LogP contribution in [-0.2, 0) is 23.7 Å². The maximum atomic E-state index is 10.6. The number of hydrogen-bond donors (Lipinski definition) is 11. The zero-order valence-corrected chi connectivity index (χ0v) is 17.1. The van der Waals surface area contributed by atoms with Crippen LogP contribution in [0, 0.1) is 0 Å². The van der Waals surface area contributed by atoms with Gasteiger partial charge in [-0.05, 0) is 0 Å². The van der Waals surface area contributed by atoms with Gasteiger partial charge in [0, 0.05) is 0 Å². The molecule has 0 radical (unpaired) electrons. The van der Waals surface area contributed by atoms with Crippen molar-refractivity contribution in [3.05, 3.63) is 0 Å². The predicted molar refractivity (Wildman–Crippen MR) is 96.4 cm³/mol. The first kappa shape index (κ1) is 27.0. The number of ether oxygens (including phenoxy) is 5. The van der Waals surface area contributed by atoms with Gasteiger partial charge in [-0.1, -0.05) is 0 Å². The van der Waals surface area contributed by atoms with Crippen molar-refractivity contribution in [2.45, 2.75) is 79.1 Å². The molecule has 0 bridgehead atoms. The molecule has 0 saturated carbocycles. The topological polar surface area (TPSA) is 269 Å². The van der Waals surface area contributed by atoms with E-state index in [1.807, 2.05) is 0 Å². The van der Waals surface area contributed by atoms with Gasteiger partial charge in [0.05, 0.1) is 19.8 Å². The Labute approximate surface area is 186 Å². The second kappa shape index (κ2) is 10.2. The third-order valence-electron chi connectivity index (χ3n) is 5.91. The van der Waals surface area contributed by atoms with Crippen LogP contribution in [0.25, 0.3) is 0 Å². The molecular formula is C17H30O16. The molecule has 16 nitrogen and oxygen atoms in total. The fourth-order valence-electron chi connectivity index (χ4n) is 3.86. The van der Waals surface area contributed by atoms with Crippen molar-refractivity contribution in [2.75, 3.05) is 26.4 Å². The Morgan fingerprint density at radius 1 is 0.636 bits per heavy atom. The summed E-state index contributed by atoms with van der Waals surface area (Å²) in [4.78, 5) is 0. The van der Waals surface area contributed by atoms with Gasteiger partial charge in [-0.3, -0.25) is 0 Å². The number of rotatable bonds is 8. The summed E-state index contributed by atoms with van der Waals surface area (Å²) < 4.78 is 26.0. The lowest BCUT2D eigenvalue weighted by Crippen LogP contribution is -2.63. The minimum atomic E-state index is -2.94. The van der Waals surface area contributed by atoms with Gasteiger partial charge in [0.15, 0.2) is 12.4 Å². The van der Waals surface area contributed by atoms with Crippen molar-refractivity contribution in [3.8, 4) is 0 Å². The van der Waals surface area contributed by atoms with E-state index in [0.29, 0.717) is 0 Å². The van der Waals surface area contributed by atoms with E-state index in [4.69, 9.17) is 23.7 Å². The van der Waals surface area contributed by atoms with E-state index >= 15 is 0 Å². The molecule has 0 aliphatic carbocycles. The molecule has 194 valence electrons. The normalized spacial score (nSPS) is 53.0. The molecule has 0 aromatic carbocycles. The van der Waals surface area contributed by atoms with E-state index < -0.39 is 106 Å². The average Bonchev–Trinajstić information content (AvgIpc) is 3.18. The molecule has 13 atom stereocenters. The van der Waals surface area contributed by atoms with Crippen molar-refractivity contribution in [1.82, 2.24) is 0 Å². The molecule has 11 N–H and O–H groups in total. The van der Waals surface area contributed by atoms with E-state index in [1.54, 1.807) is 0 Å². The summed E-state index contributed by atoms with van der Waals surface area (Å²) in [7, 11) is 0. The molecule has 0 unspecified atom stereocenters. The fourth-order valence-corrected chi connectivity index (χ4v) is 3.86. The Kier molecular flexibility index (Phi) is 8.29. The van der Waals surface area contributed by atoms with Gasteiger partial charge in [-0.15, -0.1) is 0 Å². The monoisotopic (exact) mass is 490 g/mol. The molecule has 3 aliphatic rings. The molecule has 33 heavy (non-hydrogen) atoms. The highest BCUT2D eigenvalue weighted by atomic mass is 16.9. The Morgan fingerprint density at radius 2 is 1.18 bits per heavy atom. The van der Waals surface area contributed by atoms with E-state index in [1.165, 1.54) is 0 Å². The highest BCUT2D eigenvalue weighted by Crippen LogP contribution is 2.39. The van der Waals surface area contributed by atoms with Crippen LogP contribution in [0.2, 0.25) is 0 Å². The molecule has 3 saturated heterocycles. The number of aliphatic hydroxyl groups excluding tert-OH is 10. The minimum absolute atomic E-state index is 0.805. The fraction of sp³-hybridized carbons (Fsp3) is 1.00. The molecule has 3 aliphatic heterocycles. The lowest BCUT2D eigenvalue weighted by Gasteiger charge is -2.44. The molecule has 0 aromatic rings. The van der Waals surface area contributed by atoms with Gasteiger partial charge in [-0.25, -0.2) is 0 Å². The summed E-state index contributed by atoms with van der Waals surface area (Å²) in [6, 6.07) is 0. The van der Waals surface area contributed by atoms with Crippen molar-refractivity contribution >= 4 is 0 Å². The summed E-state index contributed by atoms with van der Waals surface area (Å²) in [6.07, 6.45) is -19.5. The van der Waals surface area contributed by atoms with Crippen LogP contribution in [0.15, 0.2) is 0 Å². The third kappa shape index (κ3) is 4.76. The Hall–Kier alpha value is -0.640. The van der Waals surface area contributed by atoms with E-state index in [2.05, 4.69) is 0 Å². The van der Waals surface area contributed by atoms with Crippen LogP contribution in [0.5, 0.6) is 0 Å². The van der Waals surface area contributed by atoms with Crippen LogP contribution in [-0.4, -0.2) is 162 Å². The van der Waals surface area contributed by atoms with Crippen LogP contribution in [0.3, 0.4) is 0 Å². The van der Waals surface area contributed by atoms with Crippen molar-refractivity contribution in [2.24, 2.45) is 0 Å². The number of hydrogen-bond acceptors (Lipinski definition) is 16. The van der Waals surface area contributed by atoms with Crippen molar-refractivity contribution < 1.29 is 79.9 Å². The SMILES string of the molecule is OC[C@H]1O[C@@](O)(OC[C@@]2(O[C@H]3O[C@H](CO)[C@@H](O)[C@H](O)[C@H]3O)O[C@H](CO)[C@@H](O)[C@@H]2O)[C@@H](O)[C@@H]1O. The maximum Gasteiger partial charge on any atom is 0.311 e. The second-order valence-electron chi connectivity index (χ2n) is 8.09. The van der Waals surface area contributed by atoms with Gasteiger partial charge in [-0.2, -0.15) is 0 Å². The van der Waals surface area contributed by atoms with Gasteiger partial charge in [0.2, 0.25) is 5.79 Å². The standard InChI is InChI=1S/C17H30O16/c18-1-5-8(21)11(24)12(25)15(30-5)33-16(13(26)9(22)6(2-19)31-16)4-29-17(28)14(27)10(23)7(3-20)32-17/h5-15,18-28H,1-4H2/t5-,6-,7-,8-,9-,10-,11+,12-,13+,14+,15-,16+,17+/m1/s1. The molecule has 0 amide bonds. The van der Waals surface area contributed by atoms with E-state index in [-0.39, 0.29) is 0 Å². The highest BCUT2D eigenvalue weighted by Gasteiger charge is 2.62. The minimum Gasteiger partial charge on any atom is -0.394 e. The first-order valence-corrected chi connectivity index (χ1v) is 10.1. The molecular weight excluding hydrogens is 460 g/mol. The lowest BCUT2D eigenvalue weighted by atomic mass is 9.99. The zero-order valence-electron chi connectivity index (χ0n) is 17.1. The average molecular weight is 490 g/mol. The van der Waals surface area contributed by atoms with Gasteiger partial charge in [0.1, 0.15) is 61.5 Å². The molecule has 3 rings (SSSR count). The quantitative estimate of drug-likeness (QED) is 0.141. The van der Waals surface area contributed by atoms with Crippen molar-refractivity contribution in [3.63, 3.8) is 0 Å². The van der Waals surface area contributed by atoms with Crippen LogP contribution in [0.1, 0.15) is 0 Å². The Morgan fingerprint density at radius 3 is 1.70 bits per heavy atom. The van der Waals surface area contributed by atoms with Crippen molar-refractivity contribution in [1.29, 1.82) is 0 Å². The van der Waals surface area contributed by atoms with Crippen LogP contribution < -0.4 is 0 Å². The highest BCUT2D eigenvalue weighted by molar-refractivity contribution is 5.00. The third-order valence-corrected chi connectivity index (χ3v) is 5.91. The summed E-state index contributed by atoms with van der Waals surface area (Å²) in [5, 5.41) is 109. The Bertz CT molecular complexity index is 653. The smallest absolute Gasteiger partial charge is 0.311 e. The van der Waals surface area contributed by atoms with Gasteiger partial charge >= 0.3 is 5.97 Å². The van der Waals surface area contributed by atoms with E-state index in [0.717, 1.165) is 0 Å². The van der Waals surface area contributed by atoms with Gasteiger partial charge < -0.3 is 79.9 Å². The summed E-state index contributed by atoms with van der Waals surface area (Å²) in [5.74, 6) is -5.48. The second-order valence-corrected chi connectivity index (χ2v) is 8.09. The molecule has 3 heterocycles. The van der Waals surface area contributed by atoms with Crippen LogP contribution in [0.4, 0.5) is 0 Å². The summed E-state index contributed by atoms with van der Waals surface area (Å²) in [6.45, 7) is -3.53. The molecule has 0 spiro atoms. The summed E-state index contributed by atoms with van der Waals surface area (Å²) in [5.41, 5.74) is 0. The molecule has 16 heteroatoms. The number of aliphatic hydroxyl groups is 11. The summed E-state index contributed by atoms with van der Waals surface area (Å²) >= 11 is 0. The van der Waals surface area contributed by atoms with Gasteiger partial charge in [0.25, 0.3) is 0 Å². The zero-order chi connectivity index (χ0) is 24.7. The first-order valence-electron chi connectivity index (χ1n) is 10.1. The first-order chi connectivity index (χ1) is 15.4. The largest absolute Gasteiger partial charge is 0.394 e. The Balaban J connectivity index is 1.84. The maximum absolute atomic E-state index is 10.6. The lowest BCUT2D eigenvalue weighted by molar-refractivity contribution is -0.426. The van der Waals surface area contributed by atoms with E-state index in [9.17, 15) is 56.2 Å². The van der Waals surface area contributed by atoms with Crippen LogP contribution >= 0.6 is 0 Å².